The Morgan fingerprint density at radius 3 is 2.89 bits per heavy atom. The summed E-state index contributed by atoms with van der Waals surface area (Å²) in [5.41, 5.74) is 2.51. The number of fused-ring (bicyclic) bond motifs is 3. The smallest absolute Gasteiger partial charge is 0.256 e. The molecule has 0 spiro atoms. The van der Waals surface area contributed by atoms with E-state index in [2.05, 4.69) is 4.98 Å². The number of carbonyl (C=O) groups excluding carboxylic acids is 2. The molecule has 1 aromatic heterocycles. The monoisotopic (exact) mass is 241 g/mol. The SMILES string of the molecule is CN1Cc2c(C=O)ncn2-c2ccccc2C1=O. The molecular formula is C13H11N3O2. The quantitative estimate of drug-likeness (QED) is 0.706. The first kappa shape index (κ1) is 10.7. The molecule has 0 radical (unpaired) electrons. The van der Waals surface area contributed by atoms with Gasteiger partial charge in [-0.25, -0.2) is 4.98 Å². The van der Waals surface area contributed by atoms with Gasteiger partial charge in [-0.1, -0.05) is 12.1 Å². The van der Waals surface area contributed by atoms with E-state index in [9.17, 15) is 9.59 Å². The molecule has 0 unspecified atom stereocenters. The van der Waals surface area contributed by atoms with Gasteiger partial charge in [-0.2, -0.15) is 0 Å². The summed E-state index contributed by atoms with van der Waals surface area (Å²) in [6, 6.07) is 7.32. The molecule has 0 N–H and O–H groups in total. The van der Waals surface area contributed by atoms with Gasteiger partial charge in [0, 0.05) is 7.05 Å². The molecule has 0 aliphatic carbocycles. The van der Waals surface area contributed by atoms with Gasteiger partial charge >= 0.3 is 0 Å². The van der Waals surface area contributed by atoms with Crippen molar-refractivity contribution in [3.63, 3.8) is 0 Å². The summed E-state index contributed by atoms with van der Waals surface area (Å²) < 4.78 is 1.81. The Kier molecular flexibility index (Phi) is 2.26. The zero-order valence-electron chi connectivity index (χ0n) is 9.83. The summed E-state index contributed by atoms with van der Waals surface area (Å²) in [7, 11) is 1.72. The number of rotatable bonds is 1. The van der Waals surface area contributed by atoms with Crippen LogP contribution in [0.5, 0.6) is 0 Å². The average Bonchev–Trinajstić information content (AvgIpc) is 2.76. The van der Waals surface area contributed by atoms with Crippen molar-refractivity contribution in [3.05, 3.63) is 47.5 Å². The van der Waals surface area contributed by atoms with Crippen molar-refractivity contribution in [2.75, 3.05) is 7.05 Å². The van der Waals surface area contributed by atoms with E-state index >= 15 is 0 Å². The molecule has 90 valence electrons. The lowest BCUT2D eigenvalue weighted by Gasteiger charge is -2.13. The molecule has 3 rings (SSSR count). The van der Waals surface area contributed by atoms with Crippen LogP contribution in [-0.2, 0) is 6.54 Å². The highest BCUT2D eigenvalue weighted by Crippen LogP contribution is 2.24. The lowest BCUT2D eigenvalue weighted by molar-refractivity contribution is 0.0786. The molecule has 0 fully saturated rings. The first-order valence-electron chi connectivity index (χ1n) is 5.58. The zero-order chi connectivity index (χ0) is 12.7. The minimum absolute atomic E-state index is 0.0499. The molecule has 0 atom stereocenters. The van der Waals surface area contributed by atoms with E-state index in [0.717, 1.165) is 17.7 Å². The molecule has 1 aliphatic heterocycles. The number of carbonyl (C=O) groups is 2. The Labute approximate surface area is 104 Å². The van der Waals surface area contributed by atoms with Crippen LogP contribution in [0.4, 0.5) is 0 Å². The normalized spacial score (nSPS) is 13.8. The second-order valence-corrected chi connectivity index (χ2v) is 4.24. The van der Waals surface area contributed by atoms with Crippen molar-refractivity contribution < 1.29 is 9.59 Å². The van der Waals surface area contributed by atoms with Gasteiger partial charge in [-0.05, 0) is 12.1 Å². The molecule has 1 aromatic carbocycles. The summed E-state index contributed by atoms with van der Waals surface area (Å²) in [6.07, 6.45) is 2.31. The third-order valence-corrected chi connectivity index (χ3v) is 3.14. The lowest BCUT2D eigenvalue weighted by Crippen LogP contribution is -2.25. The largest absolute Gasteiger partial charge is 0.336 e. The van der Waals surface area contributed by atoms with Gasteiger partial charge in [-0.15, -0.1) is 0 Å². The fourth-order valence-corrected chi connectivity index (χ4v) is 2.22. The first-order valence-corrected chi connectivity index (χ1v) is 5.58. The number of benzene rings is 1. The second kappa shape index (κ2) is 3.80. The Morgan fingerprint density at radius 2 is 2.11 bits per heavy atom. The molecule has 0 saturated heterocycles. The van der Waals surface area contributed by atoms with Crippen LogP contribution in [0.25, 0.3) is 5.69 Å². The van der Waals surface area contributed by atoms with E-state index in [1.54, 1.807) is 28.9 Å². The Bertz CT molecular complexity index is 645. The van der Waals surface area contributed by atoms with Crippen LogP contribution in [0, 0.1) is 0 Å². The third-order valence-electron chi connectivity index (χ3n) is 3.14. The van der Waals surface area contributed by atoms with Crippen LogP contribution in [0.15, 0.2) is 30.6 Å². The van der Waals surface area contributed by atoms with Crippen LogP contribution in [0.1, 0.15) is 26.5 Å². The van der Waals surface area contributed by atoms with Gasteiger partial charge in [0.15, 0.2) is 6.29 Å². The van der Waals surface area contributed by atoms with Crippen molar-refractivity contribution in [2.45, 2.75) is 6.54 Å². The number of hydrogen-bond acceptors (Lipinski definition) is 3. The van der Waals surface area contributed by atoms with Gasteiger partial charge in [0.2, 0.25) is 0 Å². The predicted molar refractivity (Wildman–Crippen MR) is 64.7 cm³/mol. The number of amides is 1. The molecule has 5 nitrogen and oxygen atoms in total. The molecule has 5 heteroatoms. The minimum Gasteiger partial charge on any atom is -0.336 e. The summed E-state index contributed by atoms with van der Waals surface area (Å²) in [5, 5.41) is 0. The molecule has 0 bridgehead atoms. The van der Waals surface area contributed by atoms with Crippen LogP contribution in [0.2, 0.25) is 0 Å². The van der Waals surface area contributed by atoms with Crippen LogP contribution in [0.3, 0.4) is 0 Å². The van der Waals surface area contributed by atoms with Gasteiger partial charge in [0.1, 0.15) is 12.0 Å². The van der Waals surface area contributed by atoms with Gasteiger partial charge in [-0.3, -0.25) is 14.2 Å². The van der Waals surface area contributed by atoms with Crippen molar-refractivity contribution in [1.29, 1.82) is 0 Å². The standard InChI is InChI=1S/C13H11N3O2/c1-15-6-12-10(7-17)14-8-16(12)11-5-3-2-4-9(11)13(15)18/h2-5,7-8H,6H2,1H3. The number of aromatic nitrogens is 2. The van der Waals surface area contributed by atoms with Crippen LogP contribution < -0.4 is 0 Å². The molecule has 1 aliphatic rings. The van der Waals surface area contributed by atoms with Gasteiger partial charge in [0.25, 0.3) is 5.91 Å². The van der Waals surface area contributed by atoms with Crippen molar-refractivity contribution in [3.8, 4) is 5.69 Å². The highest BCUT2D eigenvalue weighted by atomic mass is 16.2. The molecule has 1 amide bonds. The first-order chi connectivity index (χ1) is 8.72. The Morgan fingerprint density at radius 1 is 1.33 bits per heavy atom. The average molecular weight is 241 g/mol. The third kappa shape index (κ3) is 1.37. The van der Waals surface area contributed by atoms with E-state index in [1.807, 2.05) is 18.2 Å². The van der Waals surface area contributed by atoms with E-state index in [1.165, 1.54) is 0 Å². The summed E-state index contributed by atoms with van der Waals surface area (Å²) >= 11 is 0. The van der Waals surface area contributed by atoms with Crippen LogP contribution in [-0.4, -0.2) is 33.7 Å². The number of aldehydes is 1. The van der Waals surface area contributed by atoms with Crippen LogP contribution >= 0.6 is 0 Å². The summed E-state index contributed by atoms with van der Waals surface area (Å²) in [4.78, 5) is 28.8. The number of para-hydroxylation sites is 1. The molecule has 18 heavy (non-hydrogen) atoms. The van der Waals surface area contributed by atoms with E-state index in [0.29, 0.717) is 17.8 Å². The van der Waals surface area contributed by atoms with E-state index in [-0.39, 0.29) is 5.91 Å². The Hall–Kier alpha value is -2.43. The molecular weight excluding hydrogens is 230 g/mol. The minimum atomic E-state index is -0.0499. The molecule has 2 heterocycles. The van der Waals surface area contributed by atoms with E-state index in [4.69, 9.17) is 0 Å². The fraction of sp³-hybridized carbons (Fsp3) is 0.154. The predicted octanol–water partition coefficient (Wildman–Crippen LogP) is 1.27. The lowest BCUT2D eigenvalue weighted by atomic mass is 10.1. The molecule has 0 saturated carbocycles. The maximum Gasteiger partial charge on any atom is 0.256 e. The van der Waals surface area contributed by atoms with Crippen molar-refractivity contribution in [1.82, 2.24) is 14.5 Å². The number of nitrogens with zero attached hydrogens (tertiary/aromatic N) is 3. The highest BCUT2D eigenvalue weighted by molar-refractivity contribution is 5.98. The molecule has 2 aromatic rings. The topological polar surface area (TPSA) is 55.2 Å². The number of hydrogen-bond donors (Lipinski definition) is 0. The maximum absolute atomic E-state index is 12.2. The zero-order valence-corrected chi connectivity index (χ0v) is 9.83. The van der Waals surface area contributed by atoms with Gasteiger partial charge in [0.05, 0.1) is 23.5 Å². The fourth-order valence-electron chi connectivity index (χ4n) is 2.22. The maximum atomic E-state index is 12.2. The summed E-state index contributed by atoms with van der Waals surface area (Å²) in [6.45, 7) is 0.377. The van der Waals surface area contributed by atoms with Crippen molar-refractivity contribution in [2.24, 2.45) is 0 Å². The number of imidazole rings is 1. The van der Waals surface area contributed by atoms with Gasteiger partial charge < -0.3 is 4.90 Å². The van der Waals surface area contributed by atoms with E-state index < -0.39 is 0 Å². The van der Waals surface area contributed by atoms with Crippen molar-refractivity contribution >= 4 is 12.2 Å². The Balaban J connectivity index is 2.32. The second-order valence-electron chi connectivity index (χ2n) is 4.24. The summed E-state index contributed by atoms with van der Waals surface area (Å²) in [5.74, 6) is -0.0499. The highest BCUT2D eigenvalue weighted by Gasteiger charge is 2.25.